The molecule has 3 amide bonds. The highest BCUT2D eigenvalue weighted by Crippen LogP contribution is 2.60. The number of rotatable bonds is 10. The Morgan fingerprint density at radius 3 is 2.57 bits per heavy atom. The Kier molecular flexibility index (Phi) is 10.4. The van der Waals surface area contributed by atoms with E-state index in [2.05, 4.69) is 55.4 Å². The van der Waals surface area contributed by atoms with Gasteiger partial charge in [0.15, 0.2) is 5.60 Å². The number of aliphatic hydroxyl groups is 1. The predicted molar refractivity (Wildman–Crippen MR) is 209 cm³/mol. The average Bonchev–Trinajstić information content (AvgIpc) is 3.60. The van der Waals surface area contributed by atoms with Crippen molar-refractivity contribution in [3.63, 3.8) is 0 Å². The van der Waals surface area contributed by atoms with Gasteiger partial charge in [-0.25, -0.2) is 0 Å². The van der Waals surface area contributed by atoms with E-state index in [1.54, 1.807) is 23.0 Å². The Morgan fingerprint density at radius 1 is 1.13 bits per heavy atom. The van der Waals surface area contributed by atoms with Crippen LogP contribution < -0.4 is 25.5 Å². The van der Waals surface area contributed by atoms with E-state index in [0.29, 0.717) is 37.3 Å². The molecule has 3 N–H and O–H groups in total. The lowest BCUT2D eigenvalue weighted by atomic mass is 9.82. The molecule has 4 aliphatic heterocycles. The van der Waals surface area contributed by atoms with Gasteiger partial charge in [0.05, 0.1) is 52.0 Å². The van der Waals surface area contributed by atoms with Gasteiger partial charge < -0.3 is 35.0 Å². The van der Waals surface area contributed by atoms with Crippen molar-refractivity contribution in [2.45, 2.75) is 75.5 Å². The number of aliphatic hydroxyl groups excluding tert-OH is 1. The third-order valence-electron chi connectivity index (χ3n) is 12.3. The molecular formula is C42H52N4O6Si. The molecule has 6 atom stereocenters. The first-order chi connectivity index (χ1) is 25.5. The molecule has 0 aliphatic carbocycles. The van der Waals surface area contributed by atoms with Crippen LogP contribution in [0.5, 0.6) is 5.75 Å². The minimum absolute atomic E-state index is 0.0465. The predicted octanol–water partition coefficient (Wildman–Crippen LogP) is 4.72. The Labute approximate surface area is 313 Å². The lowest BCUT2D eigenvalue weighted by molar-refractivity contribution is -0.150. The quantitative estimate of drug-likeness (QED) is 0.204. The van der Waals surface area contributed by atoms with Gasteiger partial charge in [-0.1, -0.05) is 67.7 Å². The number of nitrogens with one attached hydrogen (secondary N) is 2. The van der Waals surface area contributed by atoms with Crippen molar-refractivity contribution in [2.24, 2.45) is 11.8 Å². The number of methoxy groups -OCH3 is 1. The van der Waals surface area contributed by atoms with Gasteiger partial charge in [0.25, 0.3) is 5.91 Å². The minimum Gasteiger partial charge on any atom is -0.497 e. The molecule has 53 heavy (non-hydrogen) atoms. The molecule has 7 rings (SSSR count). The summed E-state index contributed by atoms with van der Waals surface area (Å²) in [7, 11) is -0.875. The van der Waals surface area contributed by atoms with Gasteiger partial charge in [-0.2, -0.15) is 0 Å². The number of piperidine rings is 1. The van der Waals surface area contributed by atoms with Crippen LogP contribution in [0.1, 0.15) is 42.9 Å². The topological polar surface area (TPSA) is 120 Å². The molecular weight excluding hydrogens is 685 g/mol. The van der Waals surface area contributed by atoms with Gasteiger partial charge in [0, 0.05) is 36.8 Å². The normalized spacial score (nSPS) is 26.7. The lowest BCUT2D eigenvalue weighted by Crippen LogP contribution is -2.52. The first-order valence-corrected chi connectivity index (χ1v) is 22.0. The molecule has 2 saturated heterocycles. The summed E-state index contributed by atoms with van der Waals surface area (Å²) in [5, 5.41) is 18.1. The average molecular weight is 737 g/mol. The van der Waals surface area contributed by atoms with E-state index in [1.807, 2.05) is 48.5 Å². The van der Waals surface area contributed by atoms with Crippen LogP contribution in [0.15, 0.2) is 79.4 Å². The largest absolute Gasteiger partial charge is 0.497 e. The Hall–Kier alpha value is -4.29. The molecule has 4 aliphatic rings. The standard InChI is InChI=1S/C42H52N4O6Si/c1-6-20-45-36-18-13-31(44-40(49)29-12-9-19-43-24-29)22-35(36)42(41(45)50)27(2)39(53(4,5)34-16-14-33(51-3)15-17-34)37(52-42)23-38(48)46-25-30-11-8-7-10-28(30)21-32(46)26-47/h6-8,10-11,13-18,22,27,29,32,37,39,43,47H,1,9,12,19-21,23-26H2,2-5H3,(H,44,49)/t27-,29?,32+,37+,39-,42+/m1/s1. The van der Waals surface area contributed by atoms with Crippen LogP contribution in [-0.2, 0) is 37.7 Å². The van der Waals surface area contributed by atoms with Crippen LogP contribution in [0.4, 0.5) is 11.4 Å². The SMILES string of the molecule is C=CCN1C(=O)[C@@]2(O[C@@H](CC(=O)N3Cc4ccccc4C[C@H]3CO)[C@H]([Si](C)(C)c3ccc(OC)cc3)[C@H]2C)c2cc(NC(=O)C3CCCNC3)ccc21. The highest BCUT2D eigenvalue weighted by Gasteiger charge is 2.66. The number of carbonyl (C=O) groups excluding carboxylic acids is 3. The number of fused-ring (bicyclic) bond motifs is 3. The van der Waals surface area contributed by atoms with Gasteiger partial charge in [-0.3, -0.25) is 14.4 Å². The summed E-state index contributed by atoms with van der Waals surface area (Å²) in [6, 6.07) is 21.5. The van der Waals surface area contributed by atoms with Crippen LogP contribution in [0.2, 0.25) is 18.6 Å². The number of amides is 3. The zero-order valence-electron chi connectivity index (χ0n) is 31.3. The van der Waals surface area contributed by atoms with Gasteiger partial charge in [-0.05, 0) is 72.8 Å². The van der Waals surface area contributed by atoms with Crippen LogP contribution in [0.25, 0.3) is 0 Å². The van der Waals surface area contributed by atoms with Gasteiger partial charge in [-0.15, -0.1) is 6.58 Å². The molecule has 4 heterocycles. The first kappa shape index (κ1) is 37.0. The molecule has 0 bridgehead atoms. The first-order valence-electron chi connectivity index (χ1n) is 18.9. The van der Waals surface area contributed by atoms with Gasteiger partial charge in [0.1, 0.15) is 5.75 Å². The van der Waals surface area contributed by atoms with E-state index in [1.165, 1.54) is 5.19 Å². The maximum absolute atomic E-state index is 15.0. The highest BCUT2D eigenvalue weighted by molar-refractivity contribution is 6.91. The van der Waals surface area contributed by atoms with Crippen molar-refractivity contribution in [1.82, 2.24) is 10.2 Å². The molecule has 0 radical (unpaired) electrons. The molecule has 0 saturated carbocycles. The Balaban J connectivity index is 1.29. The van der Waals surface area contributed by atoms with Crippen LogP contribution in [0.3, 0.4) is 0 Å². The molecule has 0 aromatic heterocycles. The maximum atomic E-state index is 15.0. The van der Waals surface area contributed by atoms with Crippen molar-refractivity contribution in [3.8, 4) is 5.75 Å². The molecule has 280 valence electrons. The van der Waals surface area contributed by atoms with Crippen LogP contribution in [-0.4, -0.2) is 81.3 Å². The fourth-order valence-corrected chi connectivity index (χ4v) is 13.6. The Morgan fingerprint density at radius 2 is 1.89 bits per heavy atom. The summed E-state index contributed by atoms with van der Waals surface area (Å²) >= 11 is 0. The Bertz CT molecular complexity index is 1880. The summed E-state index contributed by atoms with van der Waals surface area (Å²) in [5.74, 6) is -0.0276. The van der Waals surface area contributed by atoms with E-state index in [0.717, 1.165) is 42.0 Å². The van der Waals surface area contributed by atoms with Crippen molar-refractivity contribution >= 4 is 42.4 Å². The molecule has 2 fully saturated rings. The van der Waals surface area contributed by atoms with Crippen molar-refractivity contribution in [3.05, 3.63) is 96.1 Å². The highest BCUT2D eigenvalue weighted by atomic mass is 28.3. The maximum Gasteiger partial charge on any atom is 0.264 e. The van der Waals surface area contributed by atoms with E-state index in [4.69, 9.17) is 9.47 Å². The van der Waals surface area contributed by atoms with Gasteiger partial charge >= 0.3 is 0 Å². The lowest BCUT2D eigenvalue weighted by Gasteiger charge is -2.39. The van der Waals surface area contributed by atoms with E-state index < -0.39 is 19.8 Å². The second-order valence-corrected chi connectivity index (χ2v) is 20.3. The third kappa shape index (κ3) is 6.51. The fourth-order valence-electron chi connectivity index (χ4n) is 9.55. The number of hydrogen-bond acceptors (Lipinski definition) is 7. The fraction of sp³-hybridized carbons (Fsp3) is 0.452. The van der Waals surface area contributed by atoms with Crippen molar-refractivity contribution in [1.29, 1.82) is 0 Å². The molecule has 1 spiro atoms. The van der Waals surface area contributed by atoms with E-state index >= 15 is 0 Å². The van der Waals surface area contributed by atoms with Crippen molar-refractivity contribution in [2.75, 3.05) is 43.6 Å². The number of ether oxygens (including phenoxy) is 2. The molecule has 11 heteroatoms. The molecule has 3 aromatic carbocycles. The number of anilines is 2. The smallest absolute Gasteiger partial charge is 0.264 e. The van der Waals surface area contributed by atoms with Crippen LogP contribution in [0, 0.1) is 11.8 Å². The second-order valence-electron chi connectivity index (χ2n) is 15.7. The summed E-state index contributed by atoms with van der Waals surface area (Å²) in [4.78, 5) is 46.4. The monoisotopic (exact) mass is 736 g/mol. The third-order valence-corrected chi connectivity index (χ3v) is 16.7. The zero-order chi connectivity index (χ0) is 37.5. The second kappa shape index (κ2) is 14.9. The summed E-state index contributed by atoms with van der Waals surface area (Å²) in [5.41, 5.74) is 2.72. The number of hydrogen-bond donors (Lipinski definition) is 3. The summed E-state index contributed by atoms with van der Waals surface area (Å²) < 4.78 is 12.7. The van der Waals surface area contributed by atoms with Gasteiger partial charge in [0.2, 0.25) is 11.8 Å². The van der Waals surface area contributed by atoms with E-state index in [9.17, 15) is 19.5 Å². The van der Waals surface area contributed by atoms with Crippen molar-refractivity contribution < 1.29 is 29.0 Å². The summed E-state index contributed by atoms with van der Waals surface area (Å²) in [6.07, 6.45) is 3.53. The molecule has 1 unspecified atom stereocenters. The number of nitrogens with zero attached hydrogens (tertiary/aromatic N) is 2. The molecule has 3 aromatic rings. The number of carbonyl (C=O) groups is 3. The van der Waals surface area contributed by atoms with Crippen LogP contribution >= 0.6 is 0 Å². The molecule has 10 nitrogen and oxygen atoms in total. The van der Waals surface area contributed by atoms with E-state index in [-0.39, 0.29) is 54.2 Å². The summed E-state index contributed by atoms with van der Waals surface area (Å²) in [6.45, 7) is 12.7. The minimum atomic E-state index is -2.52. The number of benzene rings is 3. The zero-order valence-corrected chi connectivity index (χ0v) is 32.3.